The zero-order valence-corrected chi connectivity index (χ0v) is 12.0. The van der Waals surface area contributed by atoms with Crippen LogP contribution in [0.2, 0.25) is 4.34 Å². The topological polar surface area (TPSA) is 42.1 Å². The zero-order chi connectivity index (χ0) is 13.1. The third kappa shape index (κ3) is 3.22. The molecule has 2 rings (SSSR count). The molecule has 0 bridgehead atoms. The van der Waals surface area contributed by atoms with Crippen LogP contribution in [0.5, 0.6) is 0 Å². The number of hydrogen-bond acceptors (Lipinski definition) is 4. The van der Waals surface area contributed by atoms with Gasteiger partial charge in [-0.15, -0.1) is 11.3 Å². The van der Waals surface area contributed by atoms with Gasteiger partial charge in [0.1, 0.15) is 5.82 Å². The fourth-order valence-corrected chi connectivity index (χ4v) is 2.79. The van der Waals surface area contributed by atoms with E-state index in [2.05, 4.69) is 9.88 Å². The van der Waals surface area contributed by atoms with E-state index in [9.17, 15) is 0 Å². The van der Waals surface area contributed by atoms with Crippen molar-refractivity contribution in [2.45, 2.75) is 19.5 Å². The number of rotatable bonds is 4. The summed E-state index contributed by atoms with van der Waals surface area (Å²) in [6.45, 7) is 2.76. The Labute approximate surface area is 116 Å². The first-order valence-corrected chi connectivity index (χ1v) is 6.92. The van der Waals surface area contributed by atoms with Gasteiger partial charge in [-0.25, -0.2) is 4.98 Å². The molecule has 1 unspecified atom stereocenters. The van der Waals surface area contributed by atoms with Crippen molar-refractivity contribution in [3.8, 4) is 0 Å². The zero-order valence-electron chi connectivity index (χ0n) is 10.4. The number of pyridine rings is 1. The summed E-state index contributed by atoms with van der Waals surface area (Å²) in [5, 5.41) is 0. The summed E-state index contributed by atoms with van der Waals surface area (Å²) in [6, 6.07) is 7.99. The quantitative estimate of drug-likeness (QED) is 0.933. The normalized spacial score (nSPS) is 12.4. The van der Waals surface area contributed by atoms with Crippen LogP contribution in [0.4, 0.5) is 5.82 Å². The monoisotopic (exact) mass is 281 g/mol. The van der Waals surface area contributed by atoms with Gasteiger partial charge >= 0.3 is 0 Å². The highest BCUT2D eigenvalue weighted by Gasteiger charge is 2.06. The van der Waals surface area contributed by atoms with E-state index in [1.165, 1.54) is 4.88 Å². The average molecular weight is 282 g/mol. The summed E-state index contributed by atoms with van der Waals surface area (Å²) in [5.74, 6) is 0.934. The largest absolute Gasteiger partial charge is 0.355 e. The molecular formula is C13H16ClN3S. The number of nitrogens with two attached hydrogens (primary N) is 1. The highest BCUT2D eigenvalue weighted by molar-refractivity contribution is 7.16. The molecule has 2 heterocycles. The van der Waals surface area contributed by atoms with E-state index < -0.39 is 0 Å². The van der Waals surface area contributed by atoms with Gasteiger partial charge in [-0.2, -0.15) is 0 Å². The van der Waals surface area contributed by atoms with Gasteiger partial charge in [0.15, 0.2) is 0 Å². The van der Waals surface area contributed by atoms with Crippen LogP contribution in [0.25, 0.3) is 0 Å². The number of nitrogens with zero attached hydrogens (tertiary/aromatic N) is 2. The first-order chi connectivity index (χ1) is 8.56. The lowest BCUT2D eigenvalue weighted by Gasteiger charge is -2.17. The molecule has 96 valence electrons. The molecule has 0 aliphatic carbocycles. The number of anilines is 1. The fraction of sp³-hybridized carbons (Fsp3) is 0.308. The van der Waals surface area contributed by atoms with Gasteiger partial charge in [0, 0.05) is 24.2 Å². The SMILES string of the molecule is CC(N)c1ccc(N(C)Cc2ccc(Cl)s2)nc1. The maximum Gasteiger partial charge on any atom is 0.128 e. The van der Waals surface area contributed by atoms with Crippen LogP contribution in [0.3, 0.4) is 0 Å². The van der Waals surface area contributed by atoms with E-state index in [1.807, 2.05) is 44.4 Å². The summed E-state index contributed by atoms with van der Waals surface area (Å²) in [6.07, 6.45) is 1.83. The molecule has 2 N–H and O–H groups in total. The minimum Gasteiger partial charge on any atom is -0.355 e. The molecule has 0 saturated heterocycles. The van der Waals surface area contributed by atoms with Crippen molar-refractivity contribution in [3.05, 3.63) is 45.2 Å². The van der Waals surface area contributed by atoms with E-state index in [-0.39, 0.29) is 6.04 Å². The predicted molar refractivity (Wildman–Crippen MR) is 78.3 cm³/mol. The Morgan fingerprint density at radius 2 is 2.17 bits per heavy atom. The minimum atomic E-state index is 0.0213. The predicted octanol–water partition coefficient (Wildman–Crippen LogP) is 3.45. The maximum absolute atomic E-state index is 5.92. The second-order valence-corrected chi connectivity index (χ2v) is 6.10. The van der Waals surface area contributed by atoms with E-state index >= 15 is 0 Å². The summed E-state index contributed by atoms with van der Waals surface area (Å²) in [7, 11) is 2.02. The number of hydrogen-bond donors (Lipinski definition) is 1. The van der Waals surface area contributed by atoms with Crippen LogP contribution < -0.4 is 10.6 Å². The van der Waals surface area contributed by atoms with Crippen molar-refractivity contribution in [2.24, 2.45) is 5.73 Å². The molecule has 0 spiro atoms. The summed E-state index contributed by atoms with van der Waals surface area (Å²) in [4.78, 5) is 7.73. The average Bonchev–Trinajstić information content (AvgIpc) is 2.75. The van der Waals surface area contributed by atoms with Gasteiger partial charge in [-0.3, -0.25) is 0 Å². The van der Waals surface area contributed by atoms with E-state index in [4.69, 9.17) is 17.3 Å². The Morgan fingerprint density at radius 1 is 1.39 bits per heavy atom. The molecular weight excluding hydrogens is 266 g/mol. The molecule has 0 aliphatic heterocycles. The van der Waals surface area contributed by atoms with Crippen molar-refractivity contribution in [1.29, 1.82) is 0 Å². The highest BCUT2D eigenvalue weighted by atomic mass is 35.5. The minimum absolute atomic E-state index is 0.0213. The van der Waals surface area contributed by atoms with E-state index in [1.54, 1.807) is 11.3 Å². The molecule has 1 atom stereocenters. The molecule has 18 heavy (non-hydrogen) atoms. The lowest BCUT2D eigenvalue weighted by Crippen LogP contribution is -2.17. The van der Waals surface area contributed by atoms with Crippen LogP contribution in [0, 0.1) is 0 Å². The molecule has 5 heteroatoms. The summed E-state index contributed by atoms with van der Waals surface area (Å²) >= 11 is 7.51. The molecule has 0 amide bonds. The van der Waals surface area contributed by atoms with Crippen molar-refractivity contribution < 1.29 is 0 Å². The van der Waals surface area contributed by atoms with Crippen LogP contribution in [0.1, 0.15) is 23.4 Å². The number of halogens is 1. The first-order valence-electron chi connectivity index (χ1n) is 5.73. The second kappa shape index (κ2) is 5.69. The van der Waals surface area contributed by atoms with Gasteiger partial charge in [-0.05, 0) is 30.7 Å². The first kappa shape index (κ1) is 13.3. The van der Waals surface area contributed by atoms with Gasteiger partial charge in [0.25, 0.3) is 0 Å². The number of thiophene rings is 1. The van der Waals surface area contributed by atoms with Crippen molar-refractivity contribution in [3.63, 3.8) is 0 Å². The third-order valence-electron chi connectivity index (χ3n) is 2.71. The van der Waals surface area contributed by atoms with Gasteiger partial charge in [0.2, 0.25) is 0 Å². The Balaban J connectivity index is 2.06. The molecule has 2 aromatic heterocycles. The van der Waals surface area contributed by atoms with Crippen molar-refractivity contribution in [1.82, 2.24) is 4.98 Å². The third-order valence-corrected chi connectivity index (χ3v) is 3.93. The Kier molecular flexibility index (Phi) is 4.22. The standard InChI is InChI=1S/C13H16ClN3S/c1-9(15)10-3-6-13(16-7-10)17(2)8-11-4-5-12(14)18-11/h3-7,9H,8,15H2,1-2H3. The maximum atomic E-state index is 5.92. The highest BCUT2D eigenvalue weighted by Crippen LogP contribution is 2.24. The van der Waals surface area contributed by atoms with Crippen LogP contribution in [0.15, 0.2) is 30.5 Å². The summed E-state index contributed by atoms with van der Waals surface area (Å²) < 4.78 is 0.818. The lowest BCUT2D eigenvalue weighted by molar-refractivity contribution is 0.807. The van der Waals surface area contributed by atoms with Crippen molar-refractivity contribution in [2.75, 3.05) is 11.9 Å². The smallest absolute Gasteiger partial charge is 0.128 e. The fourth-order valence-electron chi connectivity index (χ4n) is 1.64. The lowest BCUT2D eigenvalue weighted by atomic mass is 10.1. The molecule has 0 aliphatic rings. The van der Waals surface area contributed by atoms with Crippen LogP contribution in [-0.4, -0.2) is 12.0 Å². The number of aromatic nitrogens is 1. The van der Waals surface area contributed by atoms with Gasteiger partial charge < -0.3 is 10.6 Å². The molecule has 0 saturated carbocycles. The van der Waals surface area contributed by atoms with Gasteiger partial charge in [0.05, 0.1) is 10.9 Å². The summed E-state index contributed by atoms with van der Waals surface area (Å²) in [5.41, 5.74) is 6.85. The molecule has 0 aromatic carbocycles. The Bertz CT molecular complexity index is 507. The Morgan fingerprint density at radius 3 is 2.67 bits per heavy atom. The van der Waals surface area contributed by atoms with Crippen molar-refractivity contribution >= 4 is 28.8 Å². The molecule has 0 radical (unpaired) electrons. The molecule has 0 fully saturated rings. The molecule has 2 aromatic rings. The van der Waals surface area contributed by atoms with Crippen LogP contribution in [-0.2, 0) is 6.54 Å². The Hall–Kier alpha value is -1.10. The van der Waals surface area contributed by atoms with E-state index in [0.29, 0.717) is 0 Å². The second-order valence-electron chi connectivity index (χ2n) is 4.30. The van der Waals surface area contributed by atoms with E-state index in [0.717, 1.165) is 22.3 Å². The molecule has 3 nitrogen and oxygen atoms in total. The van der Waals surface area contributed by atoms with Crippen LogP contribution >= 0.6 is 22.9 Å². The van der Waals surface area contributed by atoms with Gasteiger partial charge in [-0.1, -0.05) is 17.7 Å².